The van der Waals surface area contributed by atoms with E-state index in [4.69, 9.17) is 21.1 Å². The first-order valence-electron chi connectivity index (χ1n) is 9.11. The van der Waals surface area contributed by atoms with E-state index in [0.717, 1.165) is 31.8 Å². The third-order valence-corrected chi connectivity index (χ3v) is 5.91. The molecule has 3 aliphatic rings. The highest BCUT2D eigenvalue weighted by molar-refractivity contribution is 6.32. The van der Waals surface area contributed by atoms with Gasteiger partial charge in [0.2, 0.25) is 0 Å². The molecule has 130 valence electrons. The second kappa shape index (κ2) is 6.83. The first-order valence-corrected chi connectivity index (χ1v) is 9.48. The summed E-state index contributed by atoms with van der Waals surface area (Å²) in [5.74, 6) is 2.71. The molecule has 2 atom stereocenters. The van der Waals surface area contributed by atoms with Gasteiger partial charge in [0.05, 0.1) is 18.2 Å². The summed E-state index contributed by atoms with van der Waals surface area (Å²) in [5, 5.41) is 0.463. The maximum absolute atomic E-state index is 13.0. The van der Waals surface area contributed by atoms with Crippen LogP contribution < -0.4 is 9.47 Å². The van der Waals surface area contributed by atoms with Crippen LogP contribution >= 0.6 is 11.6 Å². The van der Waals surface area contributed by atoms with Crippen LogP contribution in [0.25, 0.3) is 0 Å². The highest BCUT2D eigenvalue weighted by atomic mass is 35.5. The zero-order valence-corrected chi connectivity index (χ0v) is 14.7. The number of hydrogen-bond acceptors (Lipinski definition) is 3. The maximum Gasteiger partial charge on any atom is 0.254 e. The van der Waals surface area contributed by atoms with Gasteiger partial charge in [-0.3, -0.25) is 4.79 Å². The van der Waals surface area contributed by atoms with E-state index in [-0.39, 0.29) is 5.91 Å². The van der Waals surface area contributed by atoms with Crippen LogP contribution in [0.5, 0.6) is 11.5 Å². The van der Waals surface area contributed by atoms with Crippen LogP contribution in [0.3, 0.4) is 0 Å². The fourth-order valence-corrected chi connectivity index (χ4v) is 4.59. The second-order valence-corrected chi connectivity index (χ2v) is 7.59. The van der Waals surface area contributed by atoms with Crippen LogP contribution in [-0.4, -0.2) is 37.1 Å². The molecule has 0 bridgehead atoms. The monoisotopic (exact) mass is 349 g/mol. The molecule has 1 amide bonds. The van der Waals surface area contributed by atoms with E-state index in [1.165, 1.54) is 25.7 Å². The zero-order chi connectivity index (χ0) is 16.5. The molecule has 1 aromatic carbocycles. The van der Waals surface area contributed by atoms with Gasteiger partial charge in [-0.15, -0.1) is 0 Å². The first-order chi connectivity index (χ1) is 11.7. The van der Waals surface area contributed by atoms with Crippen LogP contribution in [0.15, 0.2) is 12.1 Å². The van der Waals surface area contributed by atoms with Crippen molar-refractivity contribution in [2.45, 2.75) is 38.5 Å². The number of rotatable bonds is 1. The molecule has 0 spiro atoms. The second-order valence-electron chi connectivity index (χ2n) is 7.18. The molecule has 24 heavy (non-hydrogen) atoms. The van der Waals surface area contributed by atoms with Gasteiger partial charge in [-0.1, -0.05) is 30.9 Å². The Bertz CT molecular complexity index is 633. The Labute approximate surface area is 148 Å². The fraction of sp³-hybridized carbons (Fsp3) is 0.632. The van der Waals surface area contributed by atoms with E-state index in [1.807, 2.05) is 4.90 Å². The smallest absolute Gasteiger partial charge is 0.254 e. The summed E-state index contributed by atoms with van der Waals surface area (Å²) in [6.45, 7) is 2.92. The molecular formula is C19H24ClNO3. The number of likely N-dealkylation sites (tertiary alicyclic amines) is 1. The topological polar surface area (TPSA) is 38.8 Å². The average Bonchev–Trinajstić information content (AvgIpc) is 2.86. The van der Waals surface area contributed by atoms with Crippen molar-refractivity contribution in [1.82, 2.24) is 4.90 Å². The molecule has 1 aliphatic carbocycles. The standard InChI is InChI=1S/C19H24ClNO3/c20-16-10-15(11-17-18(16)24-9-3-8-23-17)19(22)21-7-6-13-4-1-2-5-14(13)12-21/h10-11,13-14H,1-9,12H2/t13-,14-/m0/s1. The van der Waals surface area contributed by atoms with Crippen molar-refractivity contribution in [2.75, 3.05) is 26.3 Å². The highest BCUT2D eigenvalue weighted by Gasteiger charge is 2.33. The number of fused-ring (bicyclic) bond motifs is 2. The van der Waals surface area contributed by atoms with Crippen molar-refractivity contribution in [3.63, 3.8) is 0 Å². The Morgan fingerprint density at radius 2 is 1.83 bits per heavy atom. The number of benzene rings is 1. The third kappa shape index (κ3) is 3.08. The van der Waals surface area contributed by atoms with Crippen LogP contribution in [0.1, 0.15) is 48.9 Å². The molecule has 0 radical (unpaired) electrons. The molecule has 1 saturated heterocycles. The molecular weight excluding hydrogens is 326 g/mol. The SMILES string of the molecule is O=C(c1cc(Cl)c2c(c1)OCCCO2)N1CC[C@@H]2CCCC[C@H]2C1. The Morgan fingerprint density at radius 3 is 2.71 bits per heavy atom. The number of halogens is 1. The number of carbonyl (C=O) groups excluding carboxylic acids is 1. The van der Waals surface area contributed by atoms with Gasteiger partial charge in [0.25, 0.3) is 5.91 Å². The Kier molecular flexibility index (Phi) is 4.57. The molecule has 4 nitrogen and oxygen atoms in total. The summed E-state index contributed by atoms with van der Waals surface area (Å²) in [6, 6.07) is 3.52. The molecule has 1 aromatic rings. The molecule has 0 aromatic heterocycles. The van der Waals surface area contributed by atoms with Crippen LogP contribution in [0.4, 0.5) is 0 Å². The Balaban J connectivity index is 1.54. The van der Waals surface area contributed by atoms with Gasteiger partial charge in [-0.2, -0.15) is 0 Å². The van der Waals surface area contributed by atoms with E-state index < -0.39 is 0 Å². The quantitative estimate of drug-likeness (QED) is 0.764. The van der Waals surface area contributed by atoms with Gasteiger partial charge in [0.15, 0.2) is 11.5 Å². The van der Waals surface area contributed by atoms with Gasteiger partial charge < -0.3 is 14.4 Å². The number of amides is 1. The van der Waals surface area contributed by atoms with E-state index in [9.17, 15) is 4.79 Å². The van der Waals surface area contributed by atoms with Crippen LogP contribution in [0, 0.1) is 11.8 Å². The zero-order valence-electron chi connectivity index (χ0n) is 13.9. The van der Waals surface area contributed by atoms with Gasteiger partial charge in [-0.25, -0.2) is 0 Å². The van der Waals surface area contributed by atoms with E-state index >= 15 is 0 Å². The minimum absolute atomic E-state index is 0.0663. The van der Waals surface area contributed by atoms with Gasteiger partial charge in [0, 0.05) is 25.1 Å². The number of nitrogens with zero attached hydrogens (tertiary/aromatic N) is 1. The largest absolute Gasteiger partial charge is 0.489 e. The summed E-state index contributed by atoms with van der Waals surface area (Å²) in [5.41, 5.74) is 0.610. The third-order valence-electron chi connectivity index (χ3n) is 5.63. The molecule has 5 heteroatoms. The molecule has 2 aliphatic heterocycles. The first kappa shape index (κ1) is 16.1. The normalized spacial score (nSPS) is 26.5. The summed E-state index contributed by atoms with van der Waals surface area (Å²) in [4.78, 5) is 15.0. The summed E-state index contributed by atoms with van der Waals surface area (Å²) in [6.07, 6.45) is 7.21. The Hall–Kier alpha value is -1.42. The summed E-state index contributed by atoms with van der Waals surface area (Å²) < 4.78 is 11.4. The fourth-order valence-electron chi connectivity index (χ4n) is 4.32. The summed E-state index contributed by atoms with van der Waals surface area (Å²) in [7, 11) is 0. The molecule has 0 N–H and O–H groups in total. The lowest BCUT2D eigenvalue weighted by atomic mass is 9.75. The van der Waals surface area contributed by atoms with Gasteiger partial charge >= 0.3 is 0 Å². The summed E-state index contributed by atoms with van der Waals surface area (Å²) >= 11 is 6.34. The Morgan fingerprint density at radius 1 is 1.04 bits per heavy atom. The molecule has 0 unspecified atom stereocenters. The van der Waals surface area contributed by atoms with Crippen molar-refractivity contribution in [2.24, 2.45) is 11.8 Å². The maximum atomic E-state index is 13.0. The lowest BCUT2D eigenvalue weighted by Crippen LogP contribution is -2.44. The number of piperidine rings is 1. The van der Waals surface area contributed by atoms with Gasteiger partial charge in [-0.05, 0) is 36.8 Å². The lowest BCUT2D eigenvalue weighted by Gasteiger charge is -2.41. The van der Waals surface area contributed by atoms with Crippen molar-refractivity contribution in [1.29, 1.82) is 0 Å². The van der Waals surface area contributed by atoms with Crippen molar-refractivity contribution >= 4 is 17.5 Å². The molecule has 2 fully saturated rings. The van der Waals surface area contributed by atoms with E-state index in [0.29, 0.717) is 41.2 Å². The van der Waals surface area contributed by atoms with Gasteiger partial charge in [0.1, 0.15) is 0 Å². The predicted molar refractivity (Wildman–Crippen MR) is 93.0 cm³/mol. The minimum atomic E-state index is 0.0663. The van der Waals surface area contributed by atoms with Crippen LogP contribution in [0.2, 0.25) is 5.02 Å². The average molecular weight is 350 g/mol. The van der Waals surface area contributed by atoms with E-state index in [2.05, 4.69) is 0 Å². The minimum Gasteiger partial charge on any atom is -0.489 e. The molecule has 1 saturated carbocycles. The molecule has 2 heterocycles. The van der Waals surface area contributed by atoms with Crippen molar-refractivity contribution < 1.29 is 14.3 Å². The number of carbonyl (C=O) groups is 1. The van der Waals surface area contributed by atoms with Crippen molar-refractivity contribution in [3.8, 4) is 11.5 Å². The highest BCUT2D eigenvalue weighted by Crippen LogP contribution is 2.40. The van der Waals surface area contributed by atoms with Crippen molar-refractivity contribution in [3.05, 3.63) is 22.7 Å². The van der Waals surface area contributed by atoms with E-state index in [1.54, 1.807) is 12.1 Å². The predicted octanol–water partition coefficient (Wildman–Crippen LogP) is 4.15. The lowest BCUT2D eigenvalue weighted by molar-refractivity contribution is 0.0520. The number of hydrogen-bond donors (Lipinski definition) is 0. The molecule has 4 rings (SSSR count). The van der Waals surface area contributed by atoms with Crippen LogP contribution in [-0.2, 0) is 0 Å². The number of ether oxygens (including phenoxy) is 2.